The van der Waals surface area contributed by atoms with Crippen molar-refractivity contribution >= 4 is 10.8 Å². The molecule has 0 amide bonds. The molecule has 78 valence electrons. The molecule has 1 saturated heterocycles. The van der Waals surface area contributed by atoms with E-state index in [1.54, 1.807) is 0 Å². The van der Waals surface area contributed by atoms with Crippen LogP contribution in [0.2, 0.25) is 0 Å². The fourth-order valence-electron chi connectivity index (χ4n) is 1.70. The van der Waals surface area contributed by atoms with E-state index in [1.165, 1.54) is 12.8 Å². The Morgan fingerprint density at radius 3 is 2.77 bits per heavy atom. The van der Waals surface area contributed by atoms with Gasteiger partial charge in [0.25, 0.3) is 0 Å². The Morgan fingerprint density at radius 1 is 1.46 bits per heavy atom. The van der Waals surface area contributed by atoms with Crippen LogP contribution in [-0.2, 0) is 15.5 Å². The van der Waals surface area contributed by atoms with Crippen molar-refractivity contribution in [1.29, 1.82) is 0 Å². The summed E-state index contributed by atoms with van der Waals surface area (Å²) in [7, 11) is -0.652. The van der Waals surface area contributed by atoms with Crippen LogP contribution in [0.1, 0.15) is 39.5 Å². The van der Waals surface area contributed by atoms with Crippen LogP contribution in [-0.4, -0.2) is 27.9 Å². The average molecular weight is 204 g/mol. The molecule has 3 unspecified atom stereocenters. The van der Waals surface area contributed by atoms with Gasteiger partial charge in [0.05, 0.1) is 11.4 Å². The van der Waals surface area contributed by atoms with Crippen LogP contribution < -0.4 is 0 Å². The van der Waals surface area contributed by atoms with Gasteiger partial charge in [-0.1, -0.05) is 19.8 Å². The van der Waals surface area contributed by atoms with E-state index < -0.39 is 10.8 Å². The summed E-state index contributed by atoms with van der Waals surface area (Å²) in [5.41, 5.74) is 0. The maximum absolute atomic E-state index is 11.8. The normalized spacial score (nSPS) is 30.6. The molecule has 0 N–H and O–H groups in total. The molecule has 0 aromatic rings. The van der Waals surface area contributed by atoms with Gasteiger partial charge in [0.1, 0.15) is 0 Å². The second-order valence-electron chi connectivity index (χ2n) is 3.70. The Labute approximate surface area is 83.5 Å². The van der Waals surface area contributed by atoms with E-state index in [2.05, 4.69) is 6.92 Å². The smallest absolute Gasteiger partial charge is 0.0691 e. The third kappa shape index (κ3) is 3.39. The number of ether oxygens (including phenoxy) is 1. The van der Waals surface area contributed by atoms with Crippen molar-refractivity contribution in [2.24, 2.45) is 0 Å². The van der Waals surface area contributed by atoms with Crippen molar-refractivity contribution in [3.8, 4) is 0 Å². The predicted octanol–water partition coefficient (Wildman–Crippen LogP) is 2.10. The maximum atomic E-state index is 11.8. The molecule has 0 aliphatic carbocycles. The summed E-state index contributed by atoms with van der Waals surface area (Å²) in [6.07, 6.45) is 4.70. The van der Waals surface area contributed by atoms with Gasteiger partial charge in [-0.3, -0.25) is 4.21 Å². The Bertz CT molecular complexity index is 170. The molecule has 2 nitrogen and oxygen atoms in total. The van der Waals surface area contributed by atoms with E-state index in [0.29, 0.717) is 5.25 Å². The summed E-state index contributed by atoms with van der Waals surface area (Å²) >= 11 is 0. The average Bonchev–Trinajstić information content (AvgIpc) is 2.52. The lowest BCUT2D eigenvalue weighted by molar-refractivity contribution is 0.127. The second-order valence-corrected chi connectivity index (χ2v) is 5.47. The van der Waals surface area contributed by atoms with Crippen LogP contribution in [0.25, 0.3) is 0 Å². The molecule has 1 rings (SSSR count). The van der Waals surface area contributed by atoms with E-state index in [0.717, 1.165) is 25.2 Å². The first kappa shape index (κ1) is 11.2. The zero-order valence-corrected chi connectivity index (χ0v) is 9.44. The van der Waals surface area contributed by atoms with E-state index in [4.69, 9.17) is 4.74 Å². The molecule has 3 heteroatoms. The first-order valence-electron chi connectivity index (χ1n) is 5.24. The van der Waals surface area contributed by atoms with Crippen LogP contribution in [0, 0.1) is 0 Å². The fourth-order valence-corrected chi connectivity index (χ4v) is 3.36. The molecule has 0 aromatic heterocycles. The van der Waals surface area contributed by atoms with E-state index in [-0.39, 0.29) is 6.10 Å². The minimum atomic E-state index is -0.652. The Morgan fingerprint density at radius 2 is 2.23 bits per heavy atom. The first-order chi connectivity index (χ1) is 6.25. The van der Waals surface area contributed by atoms with E-state index in [9.17, 15) is 4.21 Å². The third-order valence-corrected chi connectivity index (χ3v) is 4.58. The molecule has 1 aliphatic rings. The lowest BCUT2D eigenvalue weighted by Crippen LogP contribution is -2.24. The van der Waals surface area contributed by atoms with Gasteiger partial charge >= 0.3 is 0 Å². The maximum Gasteiger partial charge on any atom is 0.0691 e. The van der Waals surface area contributed by atoms with Crippen LogP contribution in [0.5, 0.6) is 0 Å². The minimum Gasteiger partial charge on any atom is -0.377 e. The van der Waals surface area contributed by atoms with Crippen molar-refractivity contribution in [2.75, 3.05) is 12.4 Å². The van der Waals surface area contributed by atoms with Crippen LogP contribution in [0.3, 0.4) is 0 Å². The first-order valence-corrected chi connectivity index (χ1v) is 6.62. The molecule has 13 heavy (non-hydrogen) atoms. The SMILES string of the molecule is CCCCCS(=O)C1CCOC1C. The van der Waals surface area contributed by atoms with Crippen molar-refractivity contribution in [3.05, 3.63) is 0 Å². The number of rotatable bonds is 5. The zero-order chi connectivity index (χ0) is 9.68. The van der Waals surface area contributed by atoms with Crippen LogP contribution >= 0.6 is 0 Å². The highest BCUT2D eigenvalue weighted by Gasteiger charge is 2.28. The molecule has 0 spiro atoms. The fraction of sp³-hybridized carbons (Fsp3) is 1.00. The van der Waals surface area contributed by atoms with Gasteiger partial charge in [0.15, 0.2) is 0 Å². The van der Waals surface area contributed by atoms with Crippen molar-refractivity contribution in [2.45, 2.75) is 50.9 Å². The topological polar surface area (TPSA) is 26.3 Å². The summed E-state index contributed by atoms with van der Waals surface area (Å²) < 4.78 is 17.2. The highest BCUT2D eigenvalue weighted by molar-refractivity contribution is 7.85. The van der Waals surface area contributed by atoms with Gasteiger partial charge in [-0.15, -0.1) is 0 Å². The lowest BCUT2D eigenvalue weighted by Gasteiger charge is -2.13. The van der Waals surface area contributed by atoms with Gasteiger partial charge < -0.3 is 4.74 Å². The van der Waals surface area contributed by atoms with Gasteiger partial charge in [-0.25, -0.2) is 0 Å². The molecule has 0 aromatic carbocycles. The molecular formula is C10H20O2S. The molecule has 3 atom stereocenters. The summed E-state index contributed by atoms with van der Waals surface area (Å²) in [6.45, 7) is 5.00. The van der Waals surface area contributed by atoms with Crippen molar-refractivity contribution in [3.63, 3.8) is 0 Å². The molecule has 1 aliphatic heterocycles. The number of unbranched alkanes of at least 4 members (excludes halogenated alkanes) is 2. The van der Waals surface area contributed by atoms with Gasteiger partial charge in [-0.05, 0) is 19.8 Å². The zero-order valence-electron chi connectivity index (χ0n) is 8.62. The standard InChI is InChI=1S/C10H20O2S/c1-3-4-5-8-13(11)10-6-7-12-9(10)2/h9-10H,3-8H2,1-2H3. The Kier molecular flexibility index (Phi) is 4.96. The molecule has 1 heterocycles. The van der Waals surface area contributed by atoms with Gasteiger partial charge in [0, 0.05) is 23.2 Å². The van der Waals surface area contributed by atoms with Gasteiger partial charge in [0.2, 0.25) is 0 Å². The predicted molar refractivity (Wildman–Crippen MR) is 56.4 cm³/mol. The molecular weight excluding hydrogens is 184 g/mol. The summed E-state index contributed by atoms with van der Waals surface area (Å²) in [5, 5.41) is 0.303. The highest BCUT2D eigenvalue weighted by Crippen LogP contribution is 2.19. The Balaban J connectivity index is 2.22. The van der Waals surface area contributed by atoms with Crippen molar-refractivity contribution < 1.29 is 8.95 Å². The third-order valence-electron chi connectivity index (χ3n) is 2.59. The molecule has 1 fully saturated rings. The number of hydrogen-bond donors (Lipinski definition) is 0. The largest absolute Gasteiger partial charge is 0.377 e. The summed E-state index contributed by atoms with van der Waals surface area (Å²) in [4.78, 5) is 0. The summed E-state index contributed by atoms with van der Waals surface area (Å²) in [5.74, 6) is 0.867. The minimum absolute atomic E-state index is 0.211. The second kappa shape index (κ2) is 5.76. The molecule has 0 radical (unpaired) electrons. The molecule has 0 saturated carbocycles. The van der Waals surface area contributed by atoms with E-state index >= 15 is 0 Å². The monoisotopic (exact) mass is 204 g/mol. The highest BCUT2D eigenvalue weighted by atomic mass is 32.2. The van der Waals surface area contributed by atoms with E-state index in [1.807, 2.05) is 6.92 Å². The quantitative estimate of drug-likeness (QED) is 0.641. The Hall–Kier alpha value is 0.110. The van der Waals surface area contributed by atoms with Crippen LogP contribution in [0.4, 0.5) is 0 Å². The van der Waals surface area contributed by atoms with Crippen molar-refractivity contribution in [1.82, 2.24) is 0 Å². The lowest BCUT2D eigenvalue weighted by atomic mass is 10.3. The van der Waals surface area contributed by atoms with Crippen LogP contribution in [0.15, 0.2) is 0 Å². The van der Waals surface area contributed by atoms with Gasteiger partial charge in [-0.2, -0.15) is 0 Å². The molecule has 0 bridgehead atoms. The summed E-state index contributed by atoms with van der Waals surface area (Å²) in [6, 6.07) is 0. The number of hydrogen-bond acceptors (Lipinski definition) is 2.